The fourth-order valence-electron chi connectivity index (χ4n) is 3.71. The molecule has 4 rings (SSSR count). The molecule has 12 heteroatoms. The van der Waals surface area contributed by atoms with Gasteiger partial charge in [0.25, 0.3) is 5.91 Å². The molecule has 0 aliphatic carbocycles. The van der Waals surface area contributed by atoms with E-state index in [1.54, 1.807) is 25.1 Å². The van der Waals surface area contributed by atoms with Crippen molar-refractivity contribution in [2.24, 2.45) is 10.1 Å². The first-order valence-corrected chi connectivity index (χ1v) is 13.1. The maximum Gasteiger partial charge on any atom is 0.441 e. The van der Waals surface area contributed by atoms with Gasteiger partial charge in [0, 0.05) is 0 Å². The number of hydrogen-bond acceptors (Lipinski definition) is 7. The van der Waals surface area contributed by atoms with Crippen LogP contribution in [0.15, 0.2) is 58.1 Å². The minimum absolute atomic E-state index is 0.199. The Labute approximate surface area is 228 Å². The maximum absolute atomic E-state index is 13.0. The number of ether oxygens (including phenoxy) is 3. The van der Waals surface area contributed by atoms with Crippen LogP contribution in [0.3, 0.4) is 0 Å². The fraction of sp³-hybridized carbons (Fsp3) is 0.333. The average molecular weight is 561 g/mol. The predicted molar refractivity (Wildman–Crippen MR) is 145 cm³/mol. The van der Waals surface area contributed by atoms with E-state index in [0.29, 0.717) is 41.2 Å². The lowest BCUT2D eigenvalue weighted by Crippen LogP contribution is -2.35. The van der Waals surface area contributed by atoms with Gasteiger partial charge in [-0.1, -0.05) is 32.0 Å². The van der Waals surface area contributed by atoms with Gasteiger partial charge in [-0.25, -0.2) is 0 Å². The number of carbonyl (C=O) groups is 1. The third-order valence-electron chi connectivity index (χ3n) is 5.95. The van der Waals surface area contributed by atoms with Crippen LogP contribution in [0.1, 0.15) is 44.2 Å². The molecule has 8 nitrogen and oxygen atoms in total. The van der Waals surface area contributed by atoms with Gasteiger partial charge in [-0.05, 0) is 72.5 Å². The highest BCUT2D eigenvalue weighted by Crippen LogP contribution is 2.36. The second kappa shape index (κ2) is 11.9. The molecular weight excluding hydrogens is 533 g/mol. The number of amidine groups is 2. The fourth-order valence-corrected chi connectivity index (χ4v) is 4.47. The quantitative estimate of drug-likeness (QED) is 0.273. The third kappa shape index (κ3) is 6.62. The van der Waals surface area contributed by atoms with Crippen LogP contribution in [0.4, 0.5) is 13.2 Å². The number of carbonyl (C=O) groups excluding carboxylic acids is 1. The highest BCUT2D eigenvalue weighted by atomic mass is 32.2. The molecule has 1 N–H and O–H groups in total. The van der Waals surface area contributed by atoms with E-state index in [-0.39, 0.29) is 29.1 Å². The molecule has 0 radical (unpaired) electrons. The van der Waals surface area contributed by atoms with Crippen molar-refractivity contribution in [2.45, 2.75) is 39.3 Å². The largest absolute Gasteiger partial charge is 0.490 e. The summed E-state index contributed by atoms with van der Waals surface area (Å²) in [5.74, 6) is 0.758. The molecule has 1 amide bonds. The molecule has 0 unspecified atom stereocenters. The minimum Gasteiger partial charge on any atom is -0.490 e. The Hall–Kier alpha value is -3.80. The van der Waals surface area contributed by atoms with Crippen LogP contribution >= 0.6 is 11.8 Å². The number of alkyl halides is 3. The minimum atomic E-state index is -4.71. The Balaban J connectivity index is 1.43. The smallest absolute Gasteiger partial charge is 0.441 e. The van der Waals surface area contributed by atoms with E-state index in [2.05, 4.69) is 36.1 Å². The van der Waals surface area contributed by atoms with Crippen LogP contribution in [-0.4, -0.2) is 53.0 Å². The van der Waals surface area contributed by atoms with Crippen LogP contribution in [-0.2, 0) is 4.79 Å². The van der Waals surface area contributed by atoms with Gasteiger partial charge in [-0.3, -0.25) is 10.2 Å². The van der Waals surface area contributed by atoms with Gasteiger partial charge in [0.15, 0.2) is 17.3 Å². The number of benzene rings is 2. The number of hydrazone groups is 1. The molecule has 0 fully saturated rings. The van der Waals surface area contributed by atoms with Crippen molar-refractivity contribution < 1.29 is 32.2 Å². The van der Waals surface area contributed by atoms with Crippen molar-refractivity contribution in [3.63, 3.8) is 0 Å². The third-order valence-corrected chi connectivity index (χ3v) is 6.90. The van der Waals surface area contributed by atoms with Crippen LogP contribution in [0.5, 0.6) is 17.2 Å². The zero-order chi connectivity index (χ0) is 28.2. The number of nitrogens with one attached hydrogen (secondary N) is 1. The Morgan fingerprint density at radius 3 is 2.44 bits per heavy atom. The van der Waals surface area contributed by atoms with Crippen molar-refractivity contribution in [1.82, 2.24) is 5.01 Å². The summed E-state index contributed by atoms with van der Waals surface area (Å²) in [5, 5.41) is 10.9. The molecule has 206 valence electrons. The topological polar surface area (TPSA) is 96.6 Å². The molecule has 0 saturated carbocycles. The van der Waals surface area contributed by atoms with Crippen LogP contribution in [0.25, 0.3) is 6.08 Å². The second-order valence-corrected chi connectivity index (χ2v) is 9.59. The number of amides is 1. The van der Waals surface area contributed by atoms with E-state index in [1.807, 2.05) is 12.1 Å². The van der Waals surface area contributed by atoms with E-state index < -0.39 is 23.0 Å². The number of thioether (sulfide) groups is 1. The lowest BCUT2D eigenvalue weighted by molar-refractivity contribution is -0.114. The Morgan fingerprint density at radius 1 is 1.05 bits per heavy atom. The van der Waals surface area contributed by atoms with Crippen molar-refractivity contribution in [1.29, 1.82) is 5.41 Å². The Kier molecular flexibility index (Phi) is 8.63. The Morgan fingerprint density at radius 2 is 1.77 bits per heavy atom. The lowest BCUT2D eigenvalue weighted by atomic mass is 9.99. The lowest BCUT2D eigenvalue weighted by Gasteiger charge is -2.20. The van der Waals surface area contributed by atoms with Crippen LogP contribution in [0, 0.1) is 5.41 Å². The highest BCUT2D eigenvalue weighted by Gasteiger charge is 2.46. The zero-order valence-electron chi connectivity index (χ0n) is 21.5. The molecule has 0 aromatic heterocycles. The molecular formula is C27H27F3N4O4S. The summed E-state index contributed by atoms with van der Waals surface area (Å²) >= 11 is 0.204. The second-order valence-electron chi connectivity index (χ2n) is 8.64. The standard InChI is InChI=1S/C27H27F3N4O4S/c1-4-16(3)18-7-9-19(10-8-18)37-12-13-38-21-11-6-17(15-22(21)36-5-2)14-20-23(31)34-26(32-24(20)35)39-25(33-34)27(28,29)30/h6-11,14-16,31H,4-5,12-13H2,1-3H3/b20-14+,31-23?/t16-/m0/s1. The molecule has 2 aromatic carbocycles. The number of fused-ring (bicyclic) bond motifs is 1. The summed E-state index contributed by atoms with van der Waals surface area (Å²) in [6.07, 6.45) is -2.28. The van der Waals surface area contributed by atoms with Gasteiger partial charge >= 0.3 is 6.18 Å². The monoisotopic (exact) mass is 560 g/mol. The molecule has 2 heterocycles. The maximum atomic E-state index is 13.0. The first kappa shape index (κ1) is 28.2. The van der Waals surface area contributed by atoms with Gasteiger partial charge in [-0.2, -0.15) is 28.3 Å². The summed E-state index contributed by atoms with van der Waals surface area (Å²) in [4.78, 5) is 16.2. The molecule has 2 aliphatic heterocycles. The van der Waals surface area contributed by atoms with Crippen LogP contribution < -0.4 is 14.2 Å². The summed E-state index contributed by atoms with van der Waals surface area (Å²) < 4.78 is 56.4. The molecule has 0 saturated heterocycles. The van der Waals surface area contributed by atoms with E-state index in [1.165, 1.54) is 11.6 Å². The van der Waals surface area contributed by atoms with Crippen molar-refractivity contribution in [3.8, 4) is 17.2 Å². The number of nitrogens with zero attached hydrogens (tertiary/aromatic N) is 3. The number of aliphatic imine (C=N–C) groups is 1. The van der Waals surface area contributed by atoms with E-state index in [9.17, 15) is 18.0 Å². The van der Waals surface area contributed by atoms with E-state index in [0.717, 1.165) is 12.2 Å². The number of hydrogen-bond donors (Lipinski definition) is 1. The summed E-state index contributed by atoms with van der Waals surface area (Å²) in [7, 11) is 0. The van der Waals surface area contributed by atoms with Crippen LogP contribution in [0.2, 0.25) is 0 Å². The molecule has 39 heavy (non-hydrogen) atoms. The number of rotatable bonds is 10. The predicted octanol–water partition coefficient (Wildman–Crippen LogP) is 6.24. The summed E-state index contributed by atoms with van der Waals surface area (Å²) in [5.41, 5.74) is 1.53. The molecule has 2 aliphatic rings. The first-order valence-electron chi connectivity index (χ1n) is 12.3. The van der Waals surface area contributed by atoms with Gasteiger partial charge < -0.3 is 14.2 Å². The summed E-state index contributed by atoms with van der Waals surface area (Å²) in [6, 6.07) is 12.9. The van der Waals surface area contributed by atoms with Gasteiger partial charge in [0.2, 0.25) is 10.2 Å². The molecule has 1 atom stereocenters. The van der Waals surface area contributed by atoms with Gasteiger partial charge in [-0.15, -0.1) is 0 Å². The normalized spacial score (nSPS) is 17.1. The molecule has 2 aromatic rings. The van der Waals surface area contributed by atoms with Crippen molar-refractivity contribution in [2.75, 3.05) is 19.8 Å². The Bertz CT molecular complexity index is 1340. The van der Waals surface area contributed by atoms with Gasteiger partial charge in [0.1, 0.15) is 19.0 Å². The van der Waals surface area contributed by atoms with E-state index >= 15 is 0 Å². The average Bonchev–Trinajstić information content (AvgIpc) is 3.35. The van der Waals surface area contributed by atoms with Crippen molar-refractivity contribution >= 4 is 39.8 Å². The zero-order valence-corrected chi connectivity index (χ0v) is 22.4. The van der Waals surface area contributed by atoms with Gasteiger partial charge in [0.05, 0.1) is 12.2 Å². The molecule has 0 bridgehead atoms. The van der Waals surface area contributed by atoms with Crippen molar-refractivity contribution in [3.05, 3.63) is 59.2 Å². The SMILES string of the molecule is CCOc1cc(/C=C2\C(=N)N3N=C(C(F)(F)F)SC3=NC2=O)ccc1OCCOc1ccc([C@@H](C)CC)cc1. The highest BCUT2D eigenvalue weighted by molar-refractivity contribution is 8.27. The summed E-state index contributed by atoms with van der Waals surface area (Å²) in [6.45, 7) is 7.03. The first-order chi connectivity index (χ1) is 18.6. The van der Waals surface area contributed by atoms with E-state index in [4.69, 9.17) is 19.6 Å². The number of halogens is 3. The molecule has 0 spiro atoms.